The lowest BCUT2D eigenvalue weighted by Crippen LogP contribution is -2.71. The van der Waals surface area contributed by atoms with E-state index in [-0.39, 0.29) is 17.1 Å². The van der Waals surface area contributed by atoms with Gasteiger partial charge in [-0.05, 0) is 68.0 Å². The van der Waals surface area contributed by atoms with Gasteiger partial charge in [0.2, 0.25) is 5.60 Å². The molecular weight excluding hydrogens is 1030 g/mol. The Morgan fingerprint density at radius 2 is 1.31 bits per heavy atom. The zero-order valence-electron chi connectivity index (χ0n) is 39.2. The third-order valence-corrected chi connectivity index (χ3v) is 14.0. The highest BCUT2D eigenvalue weighted by molar-refractivity contribution is 14.1. The van der Waals surface area contributed by atoms with Crippen molar-refractivity contribution in [2.24, 2.45) is 5.16 Å². The summed E-state index contributed by atoms with van der Waals surface area (Å²) in [5.41, 5.74) is 1.53. The monoisotopic (exact) mass is 1090 g/mol. The minimum atomic E-state index is -1.64. The molecule has 2 N–H and O–H groups in total. The Balaban J connectivity index is 1.12. The summed E-state index contributed by atoms with van der Waals surface area (Å²) in [5.74, 6) is -2.31. The van der Waals surface area contributed by atoms with Gasteiger partial charge in [-0.25, -0.2) is 14.6 Å². The van der Waals surface area contributed by atoms with Crippen LogP contribution in [0.1, 0.15) is 74.2 Å². The number of anilines is 1. The van der Waals surface area contributed by atoms with Crippen LogP contribution < -0.4 is 10.6 Å². The van der Waals surface area contributed by atoms with Crippen LogP contribution in [0.15, 0.2) is 186 Å². The van der Waals surface area contributed by atoms with Crippen molar-refractivity contribution in [3.8, 4) is 0 Å². The lowest BCUT2D eigenvalue weighted by atomic mass is 9.77. The molecule has 6 aromatic rings. The molecule has 1 saturated heterocycles. The highest BCUT2D eigenvalue weighted by atomic mass is 127. The van der Waals surface area contributed by atoms with Crippen LogP contribution in [-0.4, -0.2) is 72.1 Å². The number of hydrogen-bond donors (Lipinski definition) is 2. The number of oxime groups is 1. The van der Waals surface area contributed by atoms with E-state index >= 15 is 0 Å². The number of aromatic nitrogens is 1. The molecule has 70 heavy (non-hydrogen) atoms. The van der Waals surface area contributed by atoms with E-state index in [4.69, 9.17) is 19.3 Å². The fourth-order valence-electron chi connectivity index (χ4n) is 8.09. The molecule has 5 aromatic carbocycles. The van der Waals surface area contributed by atoms with Crippen molar-refractivity contribution in [3.63, 3.8) is 0 Å². The van der Waals surface area contributed by atoms with Gasteiger partial charge in [0.15, 0.2) is 16.9 Å². The van der Waals surface area contributed by atoms with Gasteiger partial charge < -0.3 is 24.9 Å². The average Bonchev–Trinajstić information content (AvgIpc) is 3.84. The van der Waals surface area contributed by atoms with E-state index in [1.54, 1.807) is 26.2 Å². The predicted octanol–water partition coefficient (Wildman–Crippen LogP) is 10.4. The van der Waals surface area contributed by atoms with Crippen LogP contribution in [0.5, 0.6) is 0 Å². The highest BCUT2D eigenvalue weighted by Gasteiger charge is 2.55. The summed E-state index contributed by atoms with van der Waals surface area (Å²) in [7, 11) is 0. The number of ether oxygens (including phenoxy) is 2. The first-order valence-electron chi connectivity index (χ1n) is 22.6. The molecule has 2 amide bonds. The maximum absolute atomic E-state index is 14.7. The van der Waals surface area contributed by atoms with Crippen LogP contribution >= 0.6 is 45.7 Å². The van der Waals surface area contributed by atoms with Gasteiger partial charge in [0.05, 0.1) is 0 Å². The fourth-order valence-corrected chi connectivity index (χ4v) is 10.4. The lowest BCUT2D eigenvalue weighted by Gasteiger charge is -2.49. The van der Waals surface area contributed by atoms with Crippen molar-refractivity contribution < 1.29 is 33.5 Å². The Bertz CT molecular complexity index is 2770. The first-order valence-corrected chi connectivity index (χ1v) is 26.1. The number of benzene rings is 5. The smallest absolute Gasteiger partial charge is 0.356 e. The van der Waals surface area contributed by atoms with Gasteiger partial charge in [-0.15, -0.1) is 23.1 Å². The number of hydrogen-bond acceptors (Lipinski definition) is 12. The number of halogens is 1. The van der Waals surface area contributed by atoms with Gasteiger partial charge in [-0.2, -0.15) is 0 Å². The first kappa shape index (κ1) is 49.8. The average molecular weight is 1090 g/mol. The van der Waals surface area contributed by atoms with Gasteiger partial charge in [-0.3, -0.25) is 14.5 Å². The summed E-state index contributed by atoms with van der Waals surface area (Å²) in [6.07, 6.45) is 3.01. The van der Waals surface area contributed by atoms with Crippen molar-refractivity contribution in [3.05, 3.63) is 214 Å². The van der Waals surface area contributed by atoms with E-state index in [9.17, 15) is 19.2 Å². The van der Waals surface area contributed by atoms with Crippen molar-refractivity contribution in [1.29, 1.82) is 0 Å². The Kier molecular flexibility index (Phi) is 15.4. The van der Waals surface area contributed by atoms with Gasteiger partial charge in [0.1, 0.15) is 33.9 Å². The summed E-state index contributed by atoms with van der Waals surface area (Å²) in [4.78, 5) is 69.2. The summed E-state index contributed by atoms with van der Waals surface area (Å²) >= 11 is 4.88. The first-order chi connectivity index (χ1) is 33.7. The normalized spacial score (nSPS) is 16.4. The number of nitrogens with zero attached hydrogens (tertiary/aromatic N) is 3. The molecule has 8 rings (SSSR count). The second kappa shape index (κ2) is 21.6. The van der Waals surface area contributed by atoms with E-state index in [0.717, 1.165) is 27.8 Å². The van der Waals surface area contributed by atoms with E-state index < -0.39 is 58.0 Å². The molecule has 0 radical (unpaired) electrons. The van der Waals surface area contributed by atoms with Crippen LogP contribution in [0.3, 0.4) is 0 Å². The second-order valence-electron chi connectivity index (χ2n) is 18.0. The minimum Gasteiger partial charge on any atom is -0.457 e. The standard InChI is InChI=1S/C55H52IN5O7S2/c1-53(2,3)67-51(65)54(4,5)68-60-43(42-35-70-52(57-42)59-55(39-27-15-8-16-28-39,40-29-17-9-18-30-40)41-31-19-10-20-32-41)47(62)58-44-48(63)61-45(38(26-21-33-56)34-69-49(44)61)50(64)66-46(36-22-11-6-12-23-36)37-24-13-7-14-25-37/h6-32,35,44,46,49H,33-34H2,1-5H3,(H,57,59)(H,58,62)/b26-21+,60-43-. The SMILES string of the molecule is CC(C)(C)OC(=O)C(C)(C)O/N=C(\C(=O)NC1C(=O)N2C(C(=O)OC(c3ccccc3)c3ccccc3)=C(/C=C/CI)CSC12)c1csc(NC(c2ccccc2)(c2ccccc2)c2ccccc2)n1. The predicted molar refractivity (Wildman–Crippen MR) is 283 cm³/mol. The number of rotatable bonds is 17. The number of alkyl halides is 1. The fraction of sp³-hybridized carbons (Fsp3) is 0.236. The van der Waals surface area contributed by atoms with E-state index in [1.807, 2.05) is 164 Å². The Morgan fingerprint density at radius 1 is 0.800 bits per heavy atom. The Morgan fingerprint density at radius 3 is 1.81 bits per heavy atom. The second-order valence-corrected chi connectivity index (χ2v) is 20.8. The summed E-state index contributed by atoms with van der Waals surface area (Å²) in [5, 5.41) is 12.4. The number of thioether (sulfide) groups is 1. The van der Waals surface area contributed by atoms with Gasteiger partial charge in [0.25, 0.3) is 11.8 Å². The number of carbonyl (C=O) groups is 4. The van der Waals surface area contributed by atoms with Crippen LogP contribution in [0, 0.1) is 0 Å². The highest BCUT2D eigenvalue weighted by Crippen LogP contribution is 2.43. The zero-order chi connectivity index (χ0) is 49.5. The van der Waals surface area contributed by atoms with Crippen molar-refractivity contribution >= 4 is 80.3 Å². The van der Waals surface area contributed by atoms with Crippen LogP contribution in [0.25, 0.3) is 0 Å². The summed E-state index contributed by atoms with van der Waals surface area (Å²) < 4.78 is 12.6. The van der Waals surface area contributed by atoms with Gasteiger partial charge >= 0.3 is 11.9 Å². The Hall–Kier alpha value is -6.56. The molecule has 0 bridgehead atoms. The van der Waals surface area contributed by atoms with E-state index in [0.29, 0.717) is 20.9 Å². The maximum Gasteiger partial charge on any atom is 0.356 e. The van der Waals surface area contributed by atoms with Crippen LogP contribution in [0.2, 0.25) is 0 Å². The molecular formula is C55H52IN5O7S2. The van der Waals surface area contributed by atoms with Crippen molar-refractivity contribution in [2.45, 2.75) is 68.9 Å². The molecule has 2 aliphatic rings. The number of amides is 2. The molecule has 1 aromatic heterocycles. The van der Waals surface area contributed by atoms with Crippen molar-refractivity contribution in [2.75, 3.05) is 15.5 Å². The molecule has 2 atom stereocenters. The summed E-state index contributed by atoms with van der Waals surface area (Å²) in [6.45, 7) is 8.20. The number of thiazole rings is 1. The van der Waals surface area contributed by atoms with E-state index in [2.05, 4.69) is 38.4 Å². The molecule has 0 spiro atoms. The molecule has 2 aliphatic heterocycles. The van der Waals surface area contributed by atoms with Crippen LogP contribution in [0.4, 0.5) is 5.13 Å². The third kappa shape index (κ3) is 10.9. The lowest BCUT2D eigenvalue weighted by molar-refractivity contribution is -0.179. The van der Waals surface area contributed by atoms with Crippen molar-refractivity contribution in [1.82, 2.24) is 15.2 Å². The largest absolute Gasteiger partial charge is 0.457 e. The molecule has 15 heteroatoms. The van der Waals surface area contributed by atoms with Gasteiger partial charge in [0, 0.05) is 15.6 Å². The zero-order valence-corrected chi connectivity index (χ0v) is 43.0. The minimum absolute atomic E-state index is 0.113. The van der Waals surface area contributed by atoms with Crippen LogP contribution in [-0.2, 0) is 39.0 Å². The van der Waals surface area contributed by atoms with E-state index in [1.165, 1.54) is 41.8 Å². The quantitative estimate of drug-likeness (QED) is 0.0172. The molecule has 12 nitrogen and oxygen atoms in total. The number of β-lactam (4-membered cyclic amide) rings is 1. The molecule has 1 fully saturated rings. The third-order valence-electron chi connectivity index (χ3n) is 11.4. The van der Waals surface area contributed by atoms with Gasteiger partial charge in [-0.1, -0.05) is 192 Å². The Labute approximate surface area is 429 Å². The number of fused-ring (bicyclic) bond motifs is 1. The molecule has 2 unspecified atom stereocenters. The molecule has 0 saturated carbocycles. The maximum atomic E-state index is 14.7. The molecule has 0 aliphatic carbocycles. The number of esters is 2. The molecule has 3 heterocycles. The number of carbonyl (C=O) groups excluding carboxylic acids is 4. The molecule has 358 valence electrons. The summed E-state index contributed by atoms with van der Waals surface area (Å²) in [6, 6.07) is 47.8. The number of nitrogens with one attached hydrogen (secondary N) is 2. The number of allylic oxidation sites excluding steroid dienone is 2. The topological polar surface area (TPSA) is 149 Å².